The highest BCUT2D eigenvalue weighted by atomic mass is 19.3. The molecular weight excluding hydrogens is 210 g/mol. The van der Waals surface area contributed by atoms with Crippen molar-refractivity contribution in [2.24, 2.45) is 5.84 Å². The van der Waals surface area contributed by atoms with Crippen LogP contribution in [0.4, 0.5) is 8.78 Å². The van der Waals surface area contributed by atoms with E-state index in [1.165, 1.54) is 12.3 Å². The van der Waals surface area contributed by atoms with E-state index in [-0.39, 0.29) is 12.4 Å². The average Bonchev–Trinajstić information content (AvgIpc) is 2.64. The maximum absolute atomic E-state index is 11.7. The molecule has 0 saturated carbocycles. The number of furan rings is 1. The molecule has 7 heteroatoms. The second-order valence-corrected chi connectivity index (χ2v) is 2.65. The van der Waals surface area contributed by atoms with Crippen LogP contribution in [-0.4, -0.2) is 18.9 Å². The molecule has 1 aromatic rings. The minimum atomic E-state index is -2.54. The molecule has 0 fully saturated rings. The largest absolute Gasteiger partial charge is 0.459 e. The number of nitrogens with two attached hydrogens (primary N) is 1. The Balaban J connectivity index is 2.54. The Bertz CT molecular complexity index is 327. The van der Waals surface area contributed by atoms with E-state index in [9.17, 15) is 13.6 Å². The van der Waals surface area contributed by atoms with Crippen LogP contribution in [0.25, 0.3) is 0 Å². The molecule has 1 rings (SSSR count). The molecule has 0 spiro atoms. The van der Waals surface area contributed by atoms with Crippen molar-refractivity contribution in [1.29, 1.82) is 0 Å². The molecule has 0 radical (unpaired) electrons. The van der Waals surface area contributed by atoms with Crippen LogP contribution in [0.5, 0.6) is 0 Å². The number of carbonyl (C=O) groups is 1. The Labute approximate surface area is 84.2 Å². The number of halogens is 2. The first-order valence-electron chi connectivity index (χ1n) is 4.08. The summed E-state index contributed by atoms with van der Waals surface area (Å²) in [5.74, 6) is 4.22. The molecule has 84 valence electrons. The summed E-state index contributed by atoms with van der Waals surface area (Å²) in [6, 6.07) is 1.45. The fourth-order valence-electron chi connectivity index (χ4n) is 0.972. The number of carbonyl (C=O) groups excluding carboxylic acids is 1. The van der Waals surface area contributed by atoms with Gasteiger partial charge in [0, 0.05) is 5.56 Å². The number of hydrazine groups is 1. The van der Waals surface area contributed by atoms with Gasteiger partial charge >= 0.3 is 5.91 Å². The number of amides is 1. The van der Waals surface area contributed by atoms with Crippen molar-refractivity contribution in [3.05, 3.63) is 23.7 Å². The van der Waals surface area contributed by atoms with Crippen molar-refractivity contribution in [2.45, 2.75) is 13.0 Å². The molecule has 0 bridgehead atoms. The number of alkyl halides is 2. The van der Waals surface area contributed by atoms with Gasteiger partial charge in [-0.05, 0) is 6.07 Å². The van der Waals surface area contributed by atoms with E-state index in [0.717, 1.165) is 0 Å². The molecule has 1 aromatic heterocycles. The van der Waals surface area contributed by atoms with E-state index >= 15 is 0 Å². The van der Waals surface area contributed by atoms with Crippen LogP contribution in [0.1, 0.15) is 16.1 Å². The van der Waals surface area contributed by atoms with Crippen LogP contribution in [0.3, 0.4) is 0 Å². The summed E-state index contributed by atoms with van der Waals surface area (Å²) in [4.78, 5) is 11.1. The predicted molar refractivity (Wildman–Crippen MR) is 46.0 cm³/mol. The third-order valence-electron chi connectivity index (χ3n) is 1.59. The average molecular weight is 220 g/mol. The SMILES string of the molecule is NNC(=O)c1occc1COCC(F)F. The van der Waals surface area contributed by atoms with Crippen LogP contribution in [-0.2, 0) is 11.3 Å². The second kappa shape index (κ2) is 5.42. The third-order valence-corrected chi connectivity index (χ3v) is 1.59. The van der Waals surface area contributed by atoms with Gasteiger partial charge in [-0.15, -0.1) is 0 Å². The van der Waals surface area contributed by atoms with Crippen LogP contribution >= 0.6 is 0 Å². The molecule has 1 amide bonds. The Morgan fingerprint density at radius 3 is 3.00 bits per heavy atom. The number of nitrogen functional groups attached to an aromatic ring is 1. The smallest absolute Gasteiger partial charge is 0.301 e. The van der Waals surface area contributed by atoms with Crippen LogP contribution in [0, 0.1) is 0 Å². The maximum atomic E-state index is 11.7. The normalized spacial score (nSPS) is 10.7. The fourth-order valence-corrected chi connectivity index (χ4v) is 0.972. The summed E-state index contributed by atoms with van der Waals surface area (Å²) in [5.41, 5.74) is 2.24. The minimum absolute atomic E-state index is 0.0354. The summed E-state index contributed by atoms with van der Waals surface area (Å²) in [6.45, 7) is -0.807. The molecule has 0 aromatic carbocycles. The molecule has 3 N–H and O–H groups in total. The van der Waals surface area contributed by atoms with E-state index in [2.05, 4.69) is 4.74 Å². The van der Waals surface area contributed by atoms with E-state index < -0.39 is 18.9 Å². The van der Waals surface area contributed by atoms with Crippen molar-refractivity contribution in [1.82, 2.24) is 5.43 Å². The predicted octanol–water partition coefficient (Wildman–Crippen LogP) is 0.665. The van der Waals surface area contributed by atoms with Gasteiger partial charge in [0.2, 0.25) is 0 Å². The van der Waals surface area contributed by atoms with Crippen molar-refractivity contribution in [2.75, 3.05) is 6.61 Å². The first-order valence-corrected chi connectivity index (χ1v) is 4.08. The fraction of sp³-hybridized carbons (Fsp3) is 0.375. The van der Waals surface area contributed by atoms with Crippen LogP contribution in [0.15, 0.2) is 16.7 Å². The minimum Gasteiger partial charge on any atom is -0.459 e. The monoisotopic (exact) mass is 220 g/mol. The molecule has 1 heterocycles. The first-order chi connectivity index (χ1) is 7.15. The Morgan fingerprint density at radius 2 is 2.40 bits per heavy atom. The number of hydrogen-bond acceptors (Lipinski definition) is 4. The number of hydrogen-bond donors (Lipinski definition) is 2. The molecule has 0 atom stereocenters. The molecular formula is C8H10F2N2O3. The highest BCUT2D eigenvalue weighted by Crippen LogP contribution is 2.11. The lowest BCUT2D eigenvalue weighted by Crippen LogP contribution is -2.30. The highest BCUT2D eigenvalue weighted by Gasteiger charge is 2.14. The van der Waals surface area contributed by atoms with Gasteiger partial charge in [0.15, 0.2) is 5.76 Å². The zero-order valence-electron chi connectivity index (χ0n) is 7.70. The molecule has 0 unspecified atom stereocenters. The summed E-state index contributed by atoms with van der Waals surface area (Å²) < 4.78 is 32.9. The van der Waals surface area contributed by atoms with Crippen LogP contribution in [0.2, 0.25) is 0 Å². The van der Waals surface area contributed by atoms with E-state index in [1.807, 2.05) is 5.43 Å². The lowest BCUT2D eigenvalue weighted by molar-refractivity contribution is 0.00949. The van der Waals surface area contributed by atoms with Crippen molar-refractivity contribution < 1.29 is 22.7 Å². The molecule has 0 aliphatic rings. The van der Waals surface area contributed by atoms with Crippen molar-refractivity contribution >= 4 is 5.91 Å². The van der Waals surface area contributed by atoms with Crippen LogP contribution < -0.4 is 11.3 Å². The molecule has 5 nitrogen and oxygen atoms in total. The topological polar surface area (TPSA) is 77.5 Å². The zero-order chi connectivity index (χ0) is 11.3. The number of ether oxygens (including phenoxy) is 1. The Hall–Kier alpha value is -1.47. The van der Waals surface area contributed by atoms with E-state index in [0.29, 0.717) is 5.56 Å². The standard InChI is InChI=1S/C8H10F2N2O3/c9-6(10)4-14-3-5-1-2-15-7(5)8(13)12-11/h1-2,6H,3-4,11H2,(H,12,13). The first kappa shape index (κ1) is 11.6. The van der Waals surface area contributed by atoms with Gasteiger partial charge in [0.05, 0.1) is 12.9 Å². The summed E-state index contributed by atoms with van der Waals surface area (Å²) in [6.07, 6.45) is -1.28. The molecule has 15 heavy (non-hydrogen) atoms. The van der Waals surface area contributed by atoms with E-state index in [1.54, 1.807) is 0 Å². The Kier molecular flexibility index (Phi) is 4.19. The maximum Gasteiger partial charge on any atom is 0.301 e. The zero-order valence-corrected chi connectivity index (χ0v) is 7.70. The van der Waals surface area contributed by atoms with Crippen molar-refractivity contribution in [3.63, 3.8) is 0 Å². The van der Waals surface area contributed by atoms with Gasteiger partial charge in [-0.2, -0.15) is 0 Å². The second-order valence-electron chi connectivity index (χ2n) is 2.65. The third kappa shape index (κ3) is 3.30. The number of nitrogens with one attached hydrogen (secondary N) is 1. The summed E-state index contributed by atoms with van der Waals surface area (Å²) in [5, 5.41) is 0. The quantitative estimate of drug-likeness (QED) is 0.434. The molecule has 0 saturated heterocycles. The molecule has 0 aliphatic carbocycles. The Morgan fingerprint density at radius 1 is 1.67 bits per heavy atom. The molecule has 0 aliphatic heterocycles. The lowest BCUT2D eigenvalue weighted by Gasteiger charge is -2.03. The van der Waals surface area contributed by atoms with Crippen molar-refractivity contribution in [3.8, 4) is 0 Å². The van der Waals surface area contributed by atoms with Gasteiger partial charge < -0.3 is 9.15 Å². The summed E-state index contributed by atoms with van der Waals surface area (Å²) in [7, 11) is 0. The lowest BCUT2D eigenvalue weighted by atomic mass is 10.2. The van der Waals surface area contributed by atoms with E-state index in [4.69, 9.17) is 10.3 Å². The highest BCUT2D eigenvalue weighted by molar-refractivity contribution is 5.92. The summed E-state index contributed by atoms with van der Waals surface area (Å²) >= 11 is 0. The van der Waals surface area contributed by atoms with Gasteiger partial charge in [0.25, 0.3) is 6.43 Å². The van der Waals surface area contributed by atoms with Gasteiger partial charge in [0.1, 0.15) is 6.61 Å². The van der Waals surface area contributed by atoms with Gasteiger partial charge in [-0.25, -0.2) is 14.6 Å². The van der Waals surface area contributed by atoms with Gasteiger partial charge in [-0.3, -0.25) is 10.2 Å². The van der Waals surface area contributed by atoms with Gasteiger partial charge in [-0.1, -0.05) is 0 Å². The number of rotatable bonds is 5.